The van der Waals surface area contributed by atoms with Gasteiger partial charge in [-0.15, -0.1) is 5.10 Å². The normalized spacial score (nSPS) is 12.2. The maximum atomic E-state index is 12.7. The molecule has 10 heteroatoms. The van der Waals surface area contributed by atoms with Crippen LogP contribution < -0.4 is 0 Å². The third-order valence-electron chi connectivity index (χ3n) is 2.20. The first-order valence-corrected chi connectivity index (χ1v) is 6.20. The predicted molar refractivity (Wildman–Crippen MR) is 71.9 cm³/mol. The summed E-state index contributed by atoms with van der Waals surface area (Å²) in [5.41, 5.74) is 0.357. The van der Waals surface area contributed by atoms with E-state index in [1.165, 1.54) is 0 Å². The minimum Gasteiger partial charge on any atom is -0.250 e. The molecule has 0 radical (unpaired) electrons. The molecule has 0 aliphatic rings. The standard InChI is InChI=1S/C10H5Cl2F3N4S/c11-6-3-1-2-5(7(6)12)4-16-19-8(10(13,14)15)17-18-9(19)20/h1-4H,(H,18,20)/b16-4-. The van der Waals surface area contributed by atoms with Crippen LogP contribution in [0.25, 0.3) is 0 Å². The maximum absolute atomic E-state index is 12.7. The highest BCUT2D eigenvalue weighted by molar-refractivity contribution is 7.71. The van der Waals surface area contributed by atoms with E-state index in [0.29, 0.717) is 10.2 Å². The van der Waals surface area contributed by atoms with Crippen molar-refractivity contribution in [1.82, 2.24) is 14.9 Å². The highest BCUT2D eigenvalue weighted by Gasteiger charge is 2.37. The van der Waals surface area contributed by atoms with Crippen molar-refractivity contribution in [3.63, 3.8) is 0 Å². The van der Waals surface area contributed by atoms with Crippen LogP contribution in [0.3, 0.4) is 0 Å². The summed E-state index contributed by atoms with van der Waals surface area (Å²) in [6, 6.07) is 4.69. The Morgan fingerprint density at radius 2 is 2.05 bits per heavy atom. The molecule has 0 saturated heterocycles. The molecule has 1 aromatic heterocycles. The number of aromatic amines is 1. The average molecular weight is 341 g/mol. The molecule has 0 atom stereocenters. The summed E-state index contributed by atoms with van der Waals surface area (Å²) in [7, 11) is 0. The van der Waals surface area contributed by atoms with Crippen molar-refractivity contribution < 1.29 is 13.2 Å². The lowest BCUT2D eigenvalue weighted by atomic mass is 10.2. The topological polar surface area (TPSA) is 46.0 Å². The summed E-state index contributed by atoms with van der Waals surface area (Å²) in [6.07, 6.45) is -3.56. The fourth-order valence-electron chi connectivity index (χ4n) is 1.32. The minimum atomic E-state index is -4.68. The van der Waals surface area contributed by atoms with Crippen molar-refractivity contribution in [2.24, 2.45) is 5.10 Å². The molecule has 0 fully saturated rings. The van der Waals surface area contributed by atoms with Gasteiger partial charge in [0.15, 0.2) is 0 Å². The van der Waals surface area contributed by atoms with Crippen LogP contribution in [0.5, 0.6) is 0 Å². The van der Waals surface area contributed by atoms with Gasteiger partial charge in [0.25, 0.3) is 5.82 Å². The second-order valence-corrected chi connectivity index (χ2v) is 4.72. The van der Waals surface area contributed by atoms with Gasteiger partial charge in [0.1, 0.15) is 0 Å². The summed E-state index contributed by atoms with van der Waals surface area (Å²) in [5, 5.41) is 9.20. The number of nitrogens with zero attached hydrogens (tertiary/aromatic N) is 3. The molecule has 1 heterocycles. The summed E-state index contributed by atoms with van der Waals surface area (Å²) >= 11 is 16.4. The van der Waals surface area contributed by atoms with Gasteiger partial charge >= 0.3 is 6.18 Å². The van der Waals surface area contributed by atoms with E-state index in [2.05, 4.69) is 22.4 Å². The number of hydrogen-bond acceptors (Lipinski definition) is 3. The van der Waals surface area contributed by atoms with Crippen LogP contribution in [0.4, 0.5) is 13.2 Å². The van der Waals surface area contributed by atoms with Gasteiger partial charge in [-0.1, -0.05) is 35.3 Å². The minimum absolute atomic E-state index is 0.182. The second kappa shape index (κ2) is 5.55. The molecule has 0 aliphatic heterocycles. The van der Waals surface area contributed by atoms with E-state index in [1.54, 1.807) is 18.2 Å². The van der Waals surface area contributed by atoms with E-state index in [1.807, 2.05) is 5.10 Å². The number of nitrogens with one attached hydrogen (secondary N) is 1. The Hall–Kier alpha value is -1.38. The fraction of sp³-hybridized carbons (Fsp3) is 0.100. The molecule has 1 N–H and O–H groups in total. The molecule has 0 spiro atoms. The van der Waals surface area contributed by atoms with Gasteiger partial charge in [0.2, 0.25) is 4.77 Å². The number of hydrogen-bond donors (Lipinski definition) is 1. The molecule has 0 unspecified atom stereocenters. The largest absolute Gasteiger partial charge is 0.453 e. The van der Waals surface area contributed by atoms with Crippen molar-refractivity contribution in [2.75, 3.05) is 0 Å². The summed E-state index contributed by atoms with van der Waals surface area (Å²) < 4.78 is 38.2. The smallest absolute Gasteiger partial charge is 0.250 e. The van der Waals surface area contributed by atoms with Crippen LogP contribution >= 0.6 is 35.4 Å². The van der Waals surface area contributed by atoms with E-state index >= 15 is 0 Å². The van der Waals surface area contributed by atoms with Gasteiger partial charge in [-0.3, -0.25) is 0 Å². The third-order valence-corrected chi connectivity index (χ3v) is 3.30. The zero-order valence-electron chi connectivity index (χ0n) is 9.45. The predicted octanol–water partition coefficient (Wildman–Crippen LogP) is 4.15. The van der Waals surface area contributed by atoms with Crippen LogP contribution in [0.15, 0.2) is 23.3 Å². The second-order valence-electron chi connectivity index (χ2n) is 3.55. The summed E-state index contributed by atoms with van der Waals surface area (Å²) in [5.74, 6) is -1.25. The van der Waals surface area contributed by atoms with Crippen LogP contribution in [-0.2, 0) is 6.18 Å². The SMILES string of the molecule is FC(F)(F)c1n[nH]c(=S)n1/N=C\c1cccc(Cl)c1Cl. The quantitative estimate of drug-likeness (QED) is 0.659. The van der Waals surface area contributed by atoms with Gasteiger partial charge < -0.3 is 0 Å². The Kier molecular flexibility index (Phi) is 4.17. The van der Waals surface area contributed by atoms with Crippen molar-refractivity contribution in [1.29, 1.82) is 0 Å². The highest BCUT2D eigenvalue weighted by Crippen LogP contribution is 2.28. The van der Waals surface area contributed by atoms with E-state index in [0.717, 1.165) is 6.21 Å². The molecular weight excluding hydrogens is 336 g/mol. The fourth-order valence-corrected chi connectivity index (χ4v) is 1.86. The number of H-pyrrole nitrogens is 1. The number of alkyl halides is 3. The molecule has 0 bridgehead atoms. The Labute approximate surface area is 125 Å². The molecule has 106 valence electrons. The first-order valence-electron chi connectivity index (χ1n) is 5.03. The Morgan fingerprint density at radius 1 is 1.35 bits per heavy atom. The lowest BCUT2D eigenvalue weighted by Gasteiger charge is -2.04. The zero-order valence-corrected chi connectivity index (χ0v) is 11.8. The highest BCUT2D eigenvalue weighted by atomic mass is 35.5. The number of benzene rings is 1. The van der Waals surface area contributed by atoms with Crippen molar-refractivity contribution in [2.45, 2.75) is 6.18 Å². The first-order chi connectivity index (χ1) is 9.30. The van der Waals surface area contributed by atoms with Crippen molar-refractivity contribution in [3.8, 4) is 0 Å². The Bertz CT molecular complexity index is 720. The van der Waals surface area contributed by atoms with Crippen LogP contribution in [-0.4, -0.2) is 21.1 Å². The number of aromatic nitrogens is 3. The molecular formula is C10H5Cl2F3N4S. The van der Waals surface area contributed by atoms with Crippen LogP contribution in [0, 0.1) is 4.77 Å². The molecule has 20 heavy (non-hydrogen) atoms. The molecule has 0 amide bonds. The van der Waals surface area contributed by atoms with E-state index < -0.39 is 12.0 Å². The molecule has 2 rings (SSSR count). The van der Waals surface area contributed by atoms with Gasteiger partial charge in [0.05, 0.1) is 16.3 Å². The van der Waals surface area contributed by atoms with Crippen LogP contribution in [0.1, 0.15) is 11.4 Å². The van der Waals surface area contributed by atoms with E-state index in [-0.39, 0.29) is 14.8 Å². The average Bonchev–Trinajstić information content (AvgIpc) is 2.72. The lowest BCUT2D eigenvalue weighted by Crippen LogP contribution is -2.12. The van der Waals surface area contributed by atoms with E-state index in [4.69, 9.17) is 23.2 Å². The summed E-state index contributed by atoms with van der Waals surface area (Å²) in [6.45, 7) is 0. The van der Waals surface area contributed by atoms with Crippen molar-refractivity contribution >= 4 is 41.6 Å². The van der Waals surface area contributed by atoms with Gasteiger partial charge in [-0.25, -0.2) is 5.10 Å². The molecule has 4 nitrogen and oxygen atoms in total. The van der Waals surface area contributed by atoms with Gasteiger partial charge in [-0.05, 0) is 18.3 Å². The van der Waals surface area contributed by atoms with E-state index in [9.17, 15) is 13.2 Å². The summed E-state index contributed by atoms with van der Waals surface area (Å²) in [4.78, 5) is 0. The molecule has 0 aliphatic carbocycles. The van der Waals surface area contributed by atoms with Gasteiger partial charge in [-0.2, -0.15) is 22.9 Å². The van der Waals surface area contributed by atoms with Gasteiger partial charge in [0, 0.05) is 5.56 Å². The first kappa shape index (κ1) is 15.0. The number of rotatable bonds is 2. The monoisotopic (exact) mass is 340 g/mol. The third kappa shape index (κ3) is 3.02. The molecule has 0 saturated carbocycles. The maximum Gasteiger partial charge on any atom is 0.453 e. The lowest BCUT2D eigenvalue weighted by molar-refractivity contribution is -0.147. The Morgan fingerprint density at radius 3 is 2.70 bits per heavy atom. The molecule has 2 aromatic rings. The molecule has 1 aromatic carbocycles. The van der Waals surface area contributed by atoms with Crippen molar-refractivity contribution in [3.05, 3.63) is 44.4 Å². The number of halogens is 5. The van der Waals surface area contributed by atoms with Crippen LogP contribution in [0.2, 0.25) is 10.0 Å². The zero-order chi connectivity index (χ0) is 14.9. The Balaban J connectivity index is 2.45.